The predicted octanol–water partition coefficient (Wildman–Crippen LogP) is 13.1. The van der Waals surface area contributed by atoms with Crippen molar-refractivity contribution in [2.45, 2.75) is 18.3 Å². The standard InChI is InChI=1S/C54H35N3O/c1-2-16-35(17-3-1)48-33-49(40-24-10-18-34-15-4-5-21-37(34)40)57-53(56-48)43-27-13-31-47-52(43)58-51-42(41-25-11-19-36-20-14-32-55-50(36)41)26-12-30-46(51)54(47)44-28-8-6-22-38(44)39-23-7-9-29-45(39)54/h1-4,6-20,22-33H,5,21H2. The lowest BCUT2D eigenvalue weighted by Gasteiger charge is -2.40. The summed E-state index contributed by atoms with van der Waals surface area (Å²) in [5, 5.41) is 1.08. The maximum Gasteiger partial charge on any atom is 0.164 e. The molecule has 2 aromatic heterocycles. The van der Waals surface area contributed by atoms with Crippen LogP contribution in [0.1, 0.15) is 39.8 Å². The Morgan fingerprint density at radius 3 is 1.90 bits per heavy atom. The van der Waals surface area contributed by atoms with Crippen molar-refractivity contribution < 1.29 is 4.74 Å². The highest BCUT2D eigenvalue weighted by molar-refractivity contribution is 5.98. The molecule has 3 heterocycles. The molecule has 2 aliphatic carbocycles. The lowest BCUT2D eigenvalue weighted by atomic mass is 9.65. The first-order valence-electron chi connectivity index (χ1n) is 20.0. The van der Waals surface area contributed by atoms with Gasteiger partial charge in [-0.15, -0.1) is 0 Å². The maximum atomic E-state index is 7.48. The van der Waals surface area contributed by atoms with E-state index < -0.39 is 5.41 Å². The third-order valence-corrected chi connectivity index (χ3v) is 12.3. The van der Waals surface area contributed by atoms with Gasteiger partial charge in [0.2, 0.25) is 0 Å². The lowest BCUT2D eigenvalue weighted by Crippen LogP contribution is -2.32. The van der Waals surface area contributed by atoms with E-state index in [0.717, 1.165) is 85.6 Å². The van der Waals surface area contributed by atoms with E-state index in [1.165, 1.54) is 33.4 Å². The van der Waals surface area contributed by atoms with E-state index in [0.29, 0.717) is 5.82 Å². The second kappa shape index (κ2) is 12.8. The molecule has 3 aliphatic rings. The maximum absolute atomic E-state index is 7.48. The minimum Gasteiger partial charge on any atom is -0.455 e. The first-order valence-corrected chi connectivity index (χ1v) is 20.0. The zero-order chi connectivity index (χ0) is 38.2. The zero-order valence-corrected chi connectivity index (χ0v) is 31.6. The molecule has 4 nitrogen and oxygen atoms in total. The highest BCUT2D eigenvalue weighted by Crippen LogP contribution is 2.64. The van der Waals surface area contributed by atoms with Crippen LogP contribution < -0.4 is 4.74 Å². The van der Waals surface area contributed by atoms with Crippen molar-refractivity contribution in [3.05, 3.63) is 216 Å². The minimum absolute atomic E-state index is 0.625. The Hall–Kier alpha value is -7.43. The number of fused-ring (bicyclic) bond motifs is 11. The summed E-state index contributed by atoms with van der Waals surface area (Å²) in [6.45, 7) is 0. The summed E-state index contributed by atoms with van der Waals surface area (Å²) >= 11 is 0. The van der Waals surface area contributed by atoms with Crippen LogP contribution >= 0.6 is 0 Å². The van der Waals surface area contributed by atoms with Gasteiger partial charge in [0.1, 0.15) is 11.5 Å². The van der Waals surface area contributed by atoms with Crippen molar-refractivity contribution in [3.8, 4) is 67.7 Å². The molecule has 4 heteroatoms. The van der Waals surface area contributed by atoms with Gasteiger partial charge in [-0.2, -0.15) is 0 Å². The highest BCUT2D eigenvalue weighted by atomic mass is 16.5. The average Bonchev–Trinajstić information content (AvgIpc) is 3.59. The Morgan fingerprint density at radius 1 is 0.483 bits per heavy atom. The van der Waals surface area contributed by atoms with E-state index >= 15 is 0 Å². The summed E-state index contributed by atoms with van der Waals surface area (Å²) in [5.74, 6) is 2.20. The predicted molar refractivity (Wildman–Crippen MR) is 234 cm³/mol. The second-order valence-corrected chi connectivity index (χ2v) is 15.3. The van der Waals surface area contributed by atoms with Gasteiger partial charge >= 0.3 is 0 Å². The van der Waals surface area contributed by atoms with Crippen molar-refractivity contribution in [2.24, 2.45) is 0 Å². The minimum atomic E-state index is -0.676. The Kier molecular flexibility index (Phi) is 7.24. The molecule has 12 rings (SSSR count). The van der Waals surface area contributed by atoms with Crippen LogP contribution in [0, 0.1) is 0 Å². The molecule has 0 saturated carbocycles. The third kappa shape index (κ3) is 4.72. The van der Waals surface area contributed by atoms with Crippen molar-refractivity contribution in [1.82, 2.24) is 15.0 Å². The smallest absolute Gasteiger partial charge is 0.164 e. The molecule has 272 valence electrons. The van der Waals surface area contributed by atoms with Crippen LogP contribution in [0.3, 0.4) is 0 Å². The Labute approximate surface area is 336 Å². The van der Waals surface area contributed by atoms with Crippen LogP contribution in [0.15, 0.2) is 182 Å². The number of allylic oxidation sites excluding steroid dienone is 1. The van der Waals surface area contributed by atoms with Crippen LogP contribution in [0.25, 0.3) is 73.1 Å². The molecule has 0 unspecified atom stereocenters. The molecule has 9 aromatic rings. The number of ether oxygens (including phenoxy) is 1. The molecule has 0 N–H and O–H groups in total. The summed E-state index contributed by atoms with van der Waals surface area (Å²) in [4.78, 5) is 15.8. The fourth-order valence-corrected chi connectivity index (χ4v) is 9.84. The largest absolute Gasteiger partial charge is 0.455 e. The number of para-hydroxylation sites is 3. The number of hydrogen-bond donors (Lipinski definition) is 0. The summed E-state index contributed by atoms with van der Waals surface area (Å²) in [7, 11) is 0. The SMILES string of the molecule is C1=Cc2cccc(-c3cc(-c4ccccc4)nc(-c4cccc5c4Oc4c(-c6cccc7cccnc67)cccc4C54c5ccccc5-c5ccccc54)n3)c2CC1. The molecule has 0 amide bonds. The Balaban J connectivity index is 1.17. The normalized spacial score (nSPS) is 13.9. The van der Waals surface area contributed by atoms with Crippen LogP contribution in [-0.4, -0.2) is 15.0 Å². The number of aromatic nitrogens is 3. The molecular weight excluding hydrogens is 707 g/mol. The molecule has 7 aromatic carbocycles. The van der Waals surface area contributed by atoms with Gasteiger partial charge in [-0.3, -0.25) is 4.98 Å². The van der Waals surface area contributed by atoms with E-state index in [4.69, 9.17) is 19.7 Å². The van der Waals surface area contributed by atoms with E-state index in [9.17, 15) is 0 Å². The van der Waals surface area contributed by atoms with Gasteiger partial charge in [-0.05, 0) is 64.4 Å². The zero-order valence-electron chi connectivity index (χ0n) is 31.6. The van der Waals surface area contributed by atoms with Gasteiger partial charge in [0.05, 0.1) is 27.9 Å². The number of benzene rings is 7. The van der Waals surface area contributed by atoms with Crippen LogP contribution in [-0.2, 0) is 11.8 Å². The van der Waals surface area contributed by atoms with E-state index in [-0.39, 0.29) is 0 Å². The summed E-state index contributed by atoms with van der Waals surface area (Å²) in [6.07, 6.45) is 8.34. The van der Waals surface area contributed by atoms with Crippen molar-refractivity contribution in [1.29, 1.82) is 0 Å². The molecule has 0 radical (unpaired) electrons. The summed E-state index contributed by atoms with van der Waals surface area (Å²) < 4.78 is 7.48. The topological polar surface area (TPSA) is 47.9 Å². The summed E-state index contributed by atoms with van der Waals surface area (Å²) in [6, 6.07) is 60.5. The number of rotatable bonds is 4. The molecule has 0 saturated heterocycles. The lowest BCUT2D eigenvalue weighted by molar-refractivity contribution is 0.439. The van der Waals surface area contributed by atoms with Crippen molar-refractivity contribution >= 4 is 17.0 Å². The first-order chi connectivity index (χ1) is 28.8. The molecular formula is C54H35N3O. The van der Waals surface area contributed by atoms with Gasteiger partial charge in [-0.1, -0.05) is 164 Å². The number of pyridine rings is 1. The number of nitrogens with zero attached hydrogens (tertiary/aromatic N) is 3. The number of hydrogen-bond acceptors (Lipinski definition) is 4. The molecule has 0 fully saturated rings. The second-order valence-electron chi connectivity index (χ2n) is 15.3. The van der Waals surface area contributed by atoms with Gasteiger partial charge in [0.25, 0.3) is 0 Å². The van der Waals surface area contributed by atoms with Crippen molar-refractivity contribution in [2.75, 3.05) is 0 Å². The van der Waals surface area contributed by atoms with Gasteiger partial charge in [-0.25, -0.2) is 9.97 Å². The van der Waals surface area contributed by atoms with Crippen LogP contribution in [0.4, 0.5) is 0 Å². The average molecular weight is 742 g/mol. The quantitative estimate of drug-likeness (QED) is 0.180. The van der Waals surface area contributed by atoms with E-state index in [2.05, 4.69) is 170 Å². The van der Waals surface area contributed by atoms with Crippen LogP contribution in [0.2, 0.25) is 0 Å². The fourth-order valence-electron chi connectivity index (χ4n) is 9.84. The fraction of sp³-hybridized carbons (Fsp3) is 0.0556. The third-order valence-electron chi connectivity index (χ3n) is 12.3. The van der Waals surface area contributed by atoms with Gasteiger partial charge in [0, 0.05) is 45.0 Å². The monoisotopic (exact) mass is 741 g/mol. The molecule has 1 aliphatic heterocycles. The first kappa shape index (κ1) is 32.8. The van der Waals surface area contributed by atoms with Gasteiger partial charge < -0.3 is 4.74 Å². The van der Waals surface area contributed by atoms with Crippen LogP contribution in [0.5, 0.6) is 11.5 Å². The Morgan fingerprint density at radius 2 is 1.09 bits per heavy atom. The van der Waals surface area contributed by atoms with E-state index in [1.54, 1.807) is 0 Å². The molecule has 0 atom stereocenters. The highest BCUT2D eigenvalue weighted by Gasteiger charge is 2.52. The van der Waals surface area contributed by atoms with Crippen molar-refractivity contribution in [3.63, 3.8) is 0 Å². The van der Waals surface area contributed by atoms with E-state index in [1.807, 2.05) is 18.3 Å². The summed E-state index contributed by atoms with van der Waals surface area (Å²) in [5.41, 5.74) is 16.7. The molecule has 0 bridgehead atoms. The Bertz CT molecular complexity index is 3110. The molecule has 1 spiro atoms. The van der Waals surface area contributed by atoms with Gasteiger partial charge in [0.15, 0.2) is 5.82 Å². The molecule has 58 heavy (non-hydrogen) atoms.